The summed E-state index contributed by atoms with van der Waals surface area (Å²) in [6.45, 7) is 3.70. The number of nitrogens with one attached hydrogen (secondary N) is 1. The molecule has 4 nitrogen and oxygen atoms in total. The highest BCUT2D eigenvalue weighted by molar-refractivity contribution is 7.14. The highest BCUT2D eigenvalue weighted by Crippen LogP contribution is 2.22. The zero-order chi connectivity index (χ0) is 17.7. The Labute approximate surface area is 144 Å². The lowest BCUT2D eigenvalue weighted by atomic mass is 10.1. The lowest BCUT2D eigenvalue weighted by Crippen LogP contribution is -2.27. The van der Waals surface area contributed by atoms with Crippen LogP contribution in [-0.4, -0.2) is 18.8 Å². The fourth-order valence-corrected chi connectivity index (χ4v) is 3.12. The quantitative estimate of drug-likeness (QED) is 0.768. The minimum Gasteiger partial charge on any atom is -0.494 e. The molecule has 0 aliphatic carbocycles. The van der Waals surface area contributed by atoms with Gasteiger partial charge in [-0.1, -0.05) is 6.07 Å². The van der Waals surface area contributed by atoms with Crippen molar-refractivity contribution in [1.29, 1.82) is 0 Å². The van der Waals surface area contributed by atoms with E-state index >= 15 is 0 Å². The number of aryl methyl sites for hydroxylation is 1. The van der Waals surface area contributed by atoms with Crippen LogP contribution in [0.2, 0.25) is 0 Å². The minimum absolute atomic E-state index is 0.0357. The monoisotopic (exact) mass is 349 g/mol. The van der Waals surface area contributed by atoms with Crippen molar-refractivity contribution < 1.29 is 18.7 Å². The number of thiophene rings is 1. The molecule has 1 aromatic heterocycles. The average molecular weight is 349 g/mol. The third-order valence-electron chi connectivity index (χ3n) is 3.65. The fourth-order valence-electron chi connectivity index (χ4n) is 2.28. The first-order valence-electron chi connectivity index (χ1n) is 7.63. The van der Waals surface area contributed by atoms with E-state index < -0.39 is 5.82 Å². The Morgan fingerprint density at radius 3 is 2.58 bits per heavy atom. The summed E-state index contributed by atoms with van der Waals surface area (Å²) >= 11 is 1.43. The van der Waals surface area contributed by atoms with Gasteiger partial charge in [-0.3, -0.25) is 9.59 Å². The van der Waals surface area contributed by atoms with E-state index in [-0.39, 0.29) is 36.3 Å². The van der Waals surface area contributed by atoms with Gasteiger partial charge in [0.2, 0.25) is 5.91 Å². The van der Waals surface area contributed by atoms with Crippen LogP contribution in [0.5, 0.6) is 5.75 Å². The molecule has 1 atom stereocenters. The van der Waals surface area contributed by atoms with Gasteiger partial charge in [-0.25, -0.2) is 4.39 Å². The van der Waals surface area contributed by atoms with Crippen molar-refractivity contribution in [3.05, 3.63) is 51.5 Å². The van der Waals surface area contributed by atoms with Gasteiger partial charge in [-0.15, -0.1) is 11.3 Å². The maximum Gasteiger partial charge on any atom is 0.220 e. The van der Waals surface area contributed by atoms with Crippen LogP contribution in [0.3, 0.4) is 0 Å². The predicted octanol–water partition coefficient (Wildman–Crippen LogP) is 4.04. The Bertz CT molecular complexity index is 742. The third-order valence-corrected chi connectivity index (χ3v) is 4.69. The number of carbonyl (C=O) groups is 2. The standard InChI is InChI=1S/C18H20FNO3S/c1-11-4-8-17(24-11)15(21)6-9-18(22)20-12(2)13-5-7-16(23-3)14(19)10-13/h4-5,7-8,10,12H,6,9H2,1-3H3,(H,20,22)/t12-/m1/s1. The number of hydrogen-bond donors (Lipinski definition) is 1. The highest BCUT2D eigenvalue weighted by atomic mass is 32.1. The zero-order valence-electron chi connectivity index (χ0n) is 13.9. The molecule has 1 N–H and O–H groups in total. The first-order chi connectivity index (χ1) is 11.4. The molecule has 1 aromatic carbocycles. The molecule has 0 unspecified atom stereocenters. The summed E-state index contributed by atoms with van der Waals surface area (Å²) in [5, 5.41) is 2.78. The van der Waals surface area contributed by atoms with Gasteiger partial charge < -0.3 is 10.1 Å². The van der Waals surface area contributed by atoms with Gasteiger partial charge in [0.25, 0.3) is 0 Å². The summed E-state index contributed by atoms with van der Waals surface area (Å²) in [6, 6.07) is 7.88. The van der Waals surface area contributed by atoms with Gasteiger partial charge in [-0.2, -0.15) is 0 Å². The number of ketones is 1. The van der Waals surface area contributed by atoms with Crippen molar-refractivity contribution in [2.75, 3.05) is 7.11 Å². The molecule has 1 amide bonds. The number of halogens is 1. The molecule has 0 bridgehead atoms. The average Bonchev–Trinajstić information content (AvgIpc) is 2.99. The van der Waals surface area contributed by atoms with E-state index in [4.69, 9.17) is 4.74 Å². The van der Waals surface area contributed by atoms with Gasteiger partial charge in [0.05, 0.1) is 18.0 Å². The molecule has 0 saturated carbocycles. The Kier molecular flexibility index (Phi) is 6.09. The maximum absolute atomic E-state index is 13.7. The summed E-state index contributed by atoms with van der Waals surface area (Å²) in [5.41, 5.74) is 0.641. The smallest absolute Gasteiger partial charge is 0.220 e. The van der Waals surface area contributed by atoms with E-state index in [0.717, 1.165) is 4.88 Å². The largest absolute Gasteiger partial charge is 0.494 e. The molecular formula is C18H20FNO3S. The van der Waals surface area contributed by atoms with Crippen molar-refractivity contribution in [2.45, 2.75) is 32.7 Å². The Morgan fingerprint density at radius 2 is 2.00 bits per heavy atom. The molecule has 2 rings (SSSR count). The number of benzene rings is 1. The van der Waals surface area contributed by atoms with Crippen LogP contribution >= 0.6 is 11.3 Å². The zero-order valence-corrected chi connectivity index (χ0v) is 14.7. The Balaban J connectivity index is 1.87. The lowest BCUT2D eigenvalue weighted by Gasteiger charge is -2.15. The molecule has 1 heterocycles. The maximum atomic E-state index is 13.7. The molecule has 0 fully saturated rings. The number of ether oxygens (including phenoxy) is 1. The number of rotatable bonds is 7. The topological polar surface area (TPSA) is 55.4 Å². The molecule has 0 radical (unpaired) electrons. The summed E-state index contributed by atoms with van der Waals surface area (Å²) in [6.07, 6.45) is 0.272. The molecule has 128 valence electrons. The van der Waals surface area contributed by atoms with E-state index in [1.807, 2.05) is 13.0 Å². The summed E-state index contributed by atoms with van der Waals surface area (Å²) in [7, 11) is 1.40. The Hall–Kier alpha value is -2.21. The minimum atomic E-state index is -0.473. The van der Waals surface area contributed by atoms with Crippen LogP contribution in [0.4, 0.5) is 4.39 Å². The second-order valence-corrected chi connectivity index (χ2v) is 6.80. The molecule has 0 aliphatic rings. The van der Waals surface area contributed by atoms with Gasteiger partial charge in [0, 0.05) is 17.7 Å². The van der Waals surface area contributed by atoms with Crippen LogP contribution in [0, 0.1) is 12.7 Å². The Morgan fingerprint density at radius 1 is 1.25 bits per heavy atom. The molecule has 2 aromatic rings. The van der Waals surface area contributed by atoms with E-state index in [2.05, 4.69) is 5.32 Å². The SMILES string of the molecule is COc1ccc([C@@H](C)NC(=O)CCC(=O)c2ccc(C)s2)cc1F. The van der Waals surface area contributed by atoms with E-state index in [9.17, 15) is 14.0 Å². The molecule has 0 spiro atoms. The molecule has 6 heteroatoms. The predicted molar refractivity (Wildman–Crippen MR) is 92.1 cm³/mol. The van der Waals surface area contributed by atoms with Crippen molar-refractivity contribution in [1.82, 2.24) is 5.32 Å². The van der Waals surface area contributed by atoms with Crippen LogP contribution in [0.1, 0.15) is 45.9 Å². The fraction of sp³-hybridized carbons (Fsp3) is 0.333. The summed E-state index contributed by atoms with van der Waals surface area (Å²) in [5.74, 6) is -0.583. The lowest BCUT2D eigenvalue weighted by molar-refractivity contribution is -0.121. The van der Waals surface area contributed by atoms with E-state index in [1.165, 1.54) is 30.6 Å². The van der Waals surface area contributed by atoms with Crippen LogP contribution in [0.15, 0.2) is 30.3 Å². The molecule has 0 saturated heterocycles. The number of methoxy groups -OCH3 is 1. The van der Waals surface area contributed by atoms with Crippen molar-refractivity contribution in [3.63, 3.8) is 0 Å². The van der Waals surface area contributed by atoms with Crippen molar-refractivity contribution in [2.24, 2.45) is 0 Å². The van der Waals surface area contributed by atoms with Gasteiger partial charge in [-0.05, 0) is 43.7 Å². The number of amides is 1. The normalized spacial score (nSPS) is 11.8. The second kappa shape index (κ2) is 8.06. The van der Waals surface area contributed by atoms with Crippen LogP contribution < -0.4 is 10.1 Å². The van der Waals surface area contributed by atoms with E-state index in [0.29, 0.717) is 10.4 Å². The third kappa shape index (κ3) is 4.64. The van der Waals surface area contributed by atoms with Gasteiger partial charge >= 0.3 is 0 Å². The van der Waals surface area contributed by atoms with E-state index in [1.54, 1.807) is 19.1 Å². The number of carbonyl (C=O) groups excluding carboxylic acids is 2. The highest BCUT2D eigenvalue weighted by Gasteiger charge is 2.15. The summed E-state index contributed by atoms with van der Waals surface area (Å²) < 4.78 is 18.6. The van der Waals surface area contributed by atoms with Crippen LogP contribution in [-0.2, 0) is 4.79 Å². The van der Waals surface area contributed by atoms with Crippen molar-refractivity contribution >= 4 is 23.0 Å². The first kappa shape index (κ1) is 18.1. The number of hydrogen-bond acceptors (Lipinski definition) is 4. The van der Waals surface area contributed by atoms with Crippen molar-refractivity contribution in [3.8, 4) is 5.75 Å². The van der Waals surface area contributed by atoms with Gasteiger partial charge in [0.15, 0.2) is 17.3 Å². The second-order valence-electron chi connectivity index (χ2n) is 5.52. The van der Waals surface area contributed by atoms with Gasteiger partial charge in [0.1, 0.15) is 0 Å². The summed E-state index contributed by atoms with van der Waals surface area (Å²) in [4.78, 5) is 25.7. The molecule has 24 heavy (non-hydrogen) atoms. The van der Waals surface area contributed by atoms with Crippen LogP contribution in [0.25, 0.3) is 0 Å². The first-order valence-corrected chi connectivity index (χ1v) is 8.44. The number of Topliss-reactive ketones (excluding diaryl/α,β-unsaturated/α-hetero) is 1. The molecular weight excluding hydrogens is 329 g/mol. The molecule has 0 aliphatic heterocycles.